The van der Waals surface area contributed by atoms with Gasteiger partial charge in [-0.2, -0.15) is 0 Å². The molecular weight excluding hydrogens is 594 g/mol. The first-order chi connectivity index (χ1) is 21.5. The maximum absolute atomic E-state index is 12.4. The van der Waals surface area contributed by atoms with Crippen molar-refractivity contribution in [1.82, 2.24) is 10.2 Å². The van der Waals surface area contributed by atoms with E-state index >= 15 is 0 Å². The van der Waals surface area contributed by atoms with Crippen molar-refractivity contribution in [2.75, 3.05) is 57.9 Å². The highest BCUT2D eigenvalue weighted by molar-refractivity contribution is 7.80. The van der Waals surface area contributed by atoms with Crippen molar-refractivity contribution in [2.24, 2.45) is 11.3 Å². The number of hydrogen-bond donors (Lipinski definition) is 4. The summed E-state index contributed by atoms with van der Waals surface area (Å²) in [6.45, 7) is 12.7. The summed E-state index contributed by atoms with van der Waals surface area (Å²) in [7, 11) is 0. The molecule has 0 bridgehead atoms. The lowest BCUT2D eigenvalue weighted by atomic mass is 9.84. The second kappa shape index (κ2) is 13.9. The minimum atomic E-state index is -1.14. The molecule has 1 aliphatic carbocycles. The maximum atomic E-state index is 12.4. The van der Waals surface area contributed by atoms with E-state index in [0.29, 0.717) is 82.8 Å². The zero-order valence-electron chi connectivity index (χ0n) is 25.7. The van der Waals surface area contributed by atoms with Crippen LogP contribution in [0.3, 0.4) is 0 Å². The summed E-state index contributed by atoms with van der Waals surface area (Å²) >= 11 is 5.41. The molecular formula is C34H39N3O7S. The van der Waals surface area contributed by atoms with Gasteiger partial charge in [-0.1, -0.05) is 26.8 Å². The number of carboxylic acids is 1. The van der Waals surface area contributed by atoms with E-state index < -0.39 is 5.97 Å². The van der Waals surface area contributed by atoms with Crippen molar-refractivity contribution >= 4 is 40.0 Å². The van der Waals surface area contributed by atoms with Gasteiger partial charge in [-0.15, -0.1) is 0 Å². The number of rotatable bonds is 12. The van der Waals surface area contributed by atoms with Crippen LogP contribution in [0.2, 0.25) is 0 Å². The molecule has 1 fully saturated rings. The summed E-state index contributed by atoms with van der Waals surface area (Å²) < 4.78 is 17.3. The molecule has 0 amide bonds. The largest absolute Gasteiger partial charge is 0.508 e. The number of fused-ring (bicyclic) bond motifs is 2. The van der Waals surface area contributed by atoms with Crippen LogP contribution in [0.1, 0.15) is 31.1 Å². The molecule has 2 aromatic rings. The van der Waals surface area contributed by atoms with Crippen LogP contribution in [-0.4, -0.2) is 78.8 Å². The zero-order chi connectivity index (χ0) is 32.1. The number of hydrogen-bond acceptors (Lipinski definition) is 8. The highest BCUT2D eigenvalue weighted by atomic mass is 32.1. The molecule has 1 saturated heterocycles. The summed E-state index contributed by atoms with van der Waals surface area (Å²) in [5.41, 5.74) is 2.53. The number of carbonyl (C=O) groups is 1. The molecule has 2 aromatic carbocycles. The number of thiocarbonyl (C=S) groups is 1. The number of aromatic carboxylic acids is 1. The second-order valence-corrected chi connectivity index (χ2v) is 12.5. The van der Waals surface area contributed by atoms with Gasteiger partial charge in [0.25, 0.3) is 0 Å². The van der Waals surface area contributed by atoms with Crippen molar-refractivity contribution in [3.63, 3.8) is 0 Å². The van der Waals surface area contributed by atoms with E-state index in [-0.39, 0.29) is 22.5 Å². The zero-order valence-corrected chi connectivity index (χ0v) is 26.5. The van der Waals surface area contributed by atoms with Gasteiger partial charge >= 0.3 is 5.97 Å². The van der Waals surface area contributed by atoms with Gasteiger partial charge in [0, 0.05) is 60.5 Å². The third kappa shape index (κ3) is 7.80. The highest BCUT2D eigenvalue weighted by Gasteiger charge is 2.35. The average Bonchev–Trinajstić information content (AvgIpc) is 3.25. The molecule has 10 nitrogen and oxygen atoms in total. The summed E-state index contributed by atoms with van der Waals surface area (Å²) in [6.07, 6.45) is 0. The van der Waals surface area contributed by atoms with Gasteiger partial charge in [-0.3, -0.25) is 4.79 Å². The number of phenolic OH excluding ortho intramolecular Hbond substituents is 1. The quantitative estimate of drug-likeness (QED) is 0.0924. The van der Waals surface area contributed by atoms with Crippen LogP contribution in [0.5, 0.6) is 5.75 Å². The van der Waals surface area contributed by atoms with Crippen LogP contribution in [0.25, 0.3) is 33.4 Å². The van der Waals surface area contributed by atoms with Gasteiger partial charge in [-0.25, -0.2) is 4.79 Å². The smallest absolute Gasteiger partial charge is 0.336 e. The number of likely N-dealkylation sites (tertiary alicyclic amines) is 1. The minimum absolute atomic E-state index is 0.0144. The lowest BCUT2D eigenvalue weighted by Gasteiger charge is -2.22. The standard InChI is InChI=1S/C34H39N3O7S/c1-21-19-37(20-34(21,2)3)11-13-43-15-14-42-12-10-35-33(45)36-22-4-7-25(28(16-22)32(40)41)31-26-8-5-23(38)17-29(26)44-30-18-24(39)6-9-27(30)31/h4-9,16-18,21,38H,10-15,19-20H2,1-3H3,(H,40,41)(H2,35,36,45). The molecule has 1 atom stereocenters. The lowest BCUT2D eigenvalue weighted by molar-refractivity contribution is 0.0417. The first-order valence-corrected chi connectivity index (χ1v) is 15.4. The lowest BCUT2D eigenvalue weighted by Crippen LogP contribution is -2.31. The fourth-order valence-corrected chi connectivity index (χ4v) is 5.92. The molecule has 238 valence electrons. The van der Waals surface area contributed by atoms with Gasteiger partial charge in [0.2, 0.25) is 0 Å². The van der Waals surface area contributed by atoms with E-state index in [1.807, 2.05) is 0 Å². The predicted molar refractivity (Wildman–Crippen MR) is 178 cm³/mol. The summed E-state index contributed by atoms with van der Waals surface area (Å²) in [5.74, 6) is -0.177. The van der Waals surface area contributed by atoms with Crippen LogP contribution in [-0.2, 0) is 9.47 Å². The van der Waals surface area contributed by atoms with Gasteiger partial charge in [0.1, 0.15) is 17.1 Å². The number of ether oxygens (including phenoxy) is 2. The second-order valence-electron chi connectivity index (χ2n) is 12.1. The van der Waals surface area contributed by atoms with Crippen molar-refractivity contribution < 1.29 is 28.9 Å². The fraction of sp³-hybridized carbons (Fsp3) is 0.382. The van der Waals surface area contributed by atoms with E-state index in [9.17, 15) is 19.8 Å². The topological polar surface area (TPSA) is 134 Å². The minimum Gasteiger partial charge on any atom is -0.508 e. The SMILES string of the molecule is CC1CN(CCOCCOCCNC(=S)Nc2ccc(-c3c4ccc(=O)cc-4oc4cc(O)ccc34)c(C(=O)O)c2)CC1(C)C. The van der Waals surface area contributed by atoms with Crippen LogP contribution in [0.15, 0.2) is 63.8 Å². The molecule has 45 heavy (non-hydrogen) atoms. The Morgan fingerprint density at radius 1 is 1.04 bits per heavy atom. The molecule has 5 rings (SSSR count). The number of phenols is 1. The Labute approximate surface area is 267 Å². The number of nitrogens with one attached hydrogen (secondary N) is 2. The Kier molecular flexibility index (Phi) is 10.0. The van der Waals surface area contributed by atoms with Crippen LogP contribution in [0.4, 0.5) is 5.69 Å². The average molecular weight is 634 g/mol. The van der Waals surface area contributed by atoms with Crippen molar-refractivity contribution in [3.05, 3.63) is 70.4 Å². The van der Waals surface area contributed by atoms with E-state index in [4.69, 9.17) is 26.1 Å². The van der Waals surface area contributed by atoms with Crippen molar-refractivity contribution in [1.29, 1.82) is 0 Å². The van der Waals surface area contributed by atoms with E-state index in [1.54, 1.807) is 24.3 Å². The normalized spacial score (nSPS) is 16.3. The van der Waals surface area contributed by atoms with Gasteiger partial charge in [-0.05, 0) is 65.5 Å². The number of aromatic hydroxyl groups is 1. The third-order valence-electron chi connectivity index (χ3n) is 8.41. The summed E-state index contributed by atoms with van der Waals surface area (Å²) in [6, 6.07) is 13.9. The van der Waals surface area contributed by atoms with Crippen LogP contribution >= 0.6 is 12.2 Å². The molecule has 2 heterocycles. The molecule has 1 unspecified atom stereocenters. The first-order valence-electron chi connectivity index (χ1n) is 15.0. The first kappa shape index (κ1) is 32.4. The van der Waals surface area contributed by atoms with Crippen LogP contribution < -0.4 is 16.1 Å². The number of benzene rings is 3. The van der Waals surface area contributed by atoms with E-state index in [2.05, 4.69) is 36.3 Å². The van der Waals surface area contributed by atoms with E-state index in [0.717, 1.165) is 19.6 Å². The highest BCUT2D eigenvalue weighted by Crippen LogP contribution is 2.42. The Morgan fingerprint density at radius 2 is 1.80 bits per heavy atom. The molecule has 0 aromatic heterocycles. The number of nitrogens with zero attached hydrogens (tertiary/aromatic N) is 1. The van der Waals surface area contributed by atoms with Gasteiger partial charge in [0.05, 0.1) is 32.0 Å². The molecule has 0 saturated carbocycles. The van der Waals surface area contributed by atoms with Crippen LogP contribution in [0, 0.1) is 11.3 Å². The summed E-state index contributed by atoms with van der Waals surface area (Å²) in [4.78, 5) is 26.9. The third-order valence-corrected chi connectivity index (χ3v) is 8.65. The Hall–Kier alpha value is -4.03. The number of anilines is 1. The predicted octanol–water partition coefficient (Wildman–Crippen LogP) is 5.27. The maximum Gasteiger partial charge on any atom is 0.336 e. The Balaban J connectivity index is 1.15. The van der Waals surface area contributed by atoms with Crippen molar-refractivity contribution in [2.45, 2.75) is 20.8 Å². The van der Waals surface area contributed by atoms with Gasteiger partial charge in [0.15, 0.2) is 10.5 Å². The Morgan fingerprint density at radius 3 is 2.53 bits per heavy atom. The molecule has 3 aliphatic rings. The monoisotopic (exact) mass is 633 g/mol. The molecule has 4 N–H and O–H groups in total. The number of carboxylic acid groups (broad SMARTS) is 1. The van der Waals surface area contributed by atoms with Crippen molar-refractivity contribution in [3.8, 4) is 28.2 Å². The molecule has 0 radical (unpaired) electrons. The summed E-state index contributed by atoms with van der Waals surface area (Å²) in [5, 5.41) is 27.2. The Bertz CT molecular complexity index is 1720. The molecule has 2 aliphatic heterocycles. The fourth-order valence-electron chi connectivity index (χ4n) is 5.70. The molecule has 0 spiro atoms. The van der Waals surface area contributed by atoms with Gasteiger partial charge < -0.3 is 39.6 Å². The molecule has 11 heteroatoms. The van der Waals surface area contributed by atoms with E-state index in [1.165, 1.54) is 30.3 Å².